The molecular formula is C11H11BrN2O5S2. The molecule has 0 saturated carbocycles. The Bertz CT molecular complexity index is 780. The molecule has 0 radical (unpaired) electrons. The molecule has 21 heavy (non-hydrogen) atoms. The van der Waals surface area contributed by atoms with Crippen LogP contribution in [0.4, 0.5) is 0 Å². The summed E-state index contributed by atoms with van der Waals surface area (Å²) in [5.74, 6) is -1.80. The fourth-order valence-electron chi connectivity index (χ4n) is 1.56. The first-order valence-corrected chi connectivity index (χ1v) is 8.77. The molecule has 1 unspecified atom stereocenters. The zero-order valence-electron chi connectivity index (χ0n) is 11.0. The minimum Gasteiger partial charge on any atom is -0.475 e. The van der Waals surface area contributed by atoms with E-state index in [0.717, 1.165) is 10.9 Å². The molecule has 114 valence electrons. The third-order valence-corrected chi connectivity index (χ3v) is 5.99. The van der Waals surface area contributed by atoms with Crippen LogP contribution in [0.25, 0.3) is 0 Å². The molecule has 2 aromatic rings. The fraction of sp³-hybridized carbons (Fsp3) is 0.273. The number of carboxylic acid groups (broad SMARTS) is 1. The normalized spacial score (nSPS) is 13.3. The van der Waals surface area contributed by atoms with Gasteiger partial charge in [0.15, 0.2) is 4.67 Å². The number of hydrogen-bond acceptors (Lipinski definition) is 6. The van der Waals surface area contributed by atoms with E-state index in [4.69, 9.17) is 9.52 Å². The first-order valence-electron chi connectivity index (χ1n) is 5.68. The van der Waals surface area contributed by atoms with Gasteiger partial charge in [-0.2, -0.15) is 0 Å². The average Bonchev–Trinajstić information content (AvgIpc) is 2.95. The van der Waals surface area contributed by atoms with Gasteiger partial charge in [0.1, 0.15) is 9.90 Å². The molecule has 0 aliphatic rings. The van der Waals surface area contributed by atoms with Gasteiger partial charge in [0.25, 0.3) is 0 Å². The summed E-state index contributed by atoms with van der Waals surface area (Å²) in [6, 6.07) is 0.415. The van der Waals surface area contributed by atoms with Crippen LogP contribution >= 0.6 is 27.3 Å². The maximum Gasteiger partial charge on any atom is 0.371 e. The van der Waals surface area contributed by atoms with Gasteiger partial charge in [0, 0.05) is 17.1 Å². The number of rotatable bonds is 5. The Hall–Kier alpha value is -1.23. The molecule has 0 aliphatic heterocycles. The fourth-order valence-corrected chi connectivity index (χ4v) is 4.56. The quantitative estimate of drug-likeness (QED) is 0.805. The molecule has 7 nitrogen and oxygen atoms in total. The predicted octanol–water partition coefficient (Wildman–Crippen LogP) is 2.54. The van der Waals surface area contributed by atoms with Gasteiger partial charge in [-0.3, -0.25) is 0 Å². The van der Waals surface area contributed by atoms with Crippen LogP contribution in [0.15, 0.2) is 26.2 Å². The van der Waals surface area contributed by atoms with E-state index in [0.29, 0.717) is 5.01 Å². The van der Waals surface area contributed by atoms with Gasteiger partial charge < -0.3 is 9.52 Å². The third kappa shape index (κ3) is 3.51. The molecule has 2 aromatic heterocycles. The highest BCUT2D eigenvalue weighted by Crippen LogP contribution is 2.28. The van der Waals surface area contributed by atoms with Crippen molar-refractivity contribution in [2.45, 2.75) is 24.8 Å². The summed E-state index contributed by atoms with van der Waals surface area (Å²) in [6.07, 6.45) is 1.65. The summed E-state index contributed by atoms with van der Waals surface area (Å²) >= 11 is 4.29. The van der Waals surface area contributed by atoms with Crippen LogP contribution in [0.2, 0.25) is 0 Å². The van der Waals surface area contributed by atoms with Crippen LogP contribution < -0.4 is 4.72 Å². The zero-order chi connectivity index (χ0) is 15.8. The third-order valence-electron chi connectivity index (χ3n) is 2.50. The topological polar surface area (TPSA) is 110 Å². The van der Waals surface area contributed by atoms with Crippen molar-refractivity contribution in [3.8, 4) is 0 Å². The van der Waals surface area contributed by atoms with E-state index in [-0.39, 0.29) is 9.56 Å². The average molecular weight is 395 g/mol. The van der Waals surface area contributed by atoms with Crippen molar-refractivity contribution in [1.29, 1.82) is 0 Å². The number of aromatic nitrogens is 1. The Balaban J connectivity index is 2.28. The molecule has 2 N–H and O–H groups in total. The highest BCUT2D eigenvalue weighted by Gasteiger charge is 2.27. The first-order chi connectivity index (χ1) is 9.70. The molecule has 2 rings (SSSR count). The zero-order valence-corrected chi connectivity index (χ0v) is 14.2. The van der Waals surface area contributed by atoms with Crippen molar-refractivity contribution < 1.29 is 22.7 Å². The largest absolute Gasteiger partial charge is 0.475 e. The second-order valence-corrected chi connectivity index (χ2v) is 7.87. The van der Waals surface area contributed by atoms with Crippen LogP contribution in [0.1, 0.15) is 33.4 Å². The maximum atomic E-state index is 12.3. The second kappa shape index (κ2) is 5.87. The molecule has 1 atom stereocenters. The summed E-state index contributed by atoms with van der Waals surface area (Å²) in [5, 5.41) is 9.43. The Morgan fingerprint density at radius 2 is 2.24 bits per heavy atom. The molecule has 0 amide bonds. The minimum absolute atomic E-state index is 0.157. The van der Waals surface area contributed by atoms with Crippen molar-refractivity contribution in [3.05, 3.63) is 32.6 Å². The highest BCUT2D eigenvalue weighted by molar-refractivity contribution is 9.10. The molecule has 0 fully saturated rings. The van der Waals surface area contributed by atoms with E-state index >= 15 is 0 Å². The van der Waals surface area contributed by atoms with Gasteiger partial charge in [-0.1, -0.05) is 0 Å². The lowest BCUT2D eigenvalue weighted by Crippen LogP contribution is -2.26. The van der Waals surface area contributed by atoms with Gasteiger partial charge in [-0.15, -0.1) is 11.3 Å². The van der Waals surface area contributed by atoms with Crippen molar-refractivity contribution in [2.24, 2.45) is 0 Å². The lowest BCUT2D eigenvalue weighted by Gasteiger charge is -2.10. The van der Waals surface area contributed by atoms with Crippen LogP contribution in [0.3, 0.4) is 0 Å². The Morgan fingerprint density at radius 1 is 1.57 bits per heavy atom. The number of carboxylic acids is 1. The lowest BCUT2D eigenvalue weighted by molar-refractivity contribution is 0.0661. The number of nitrogens with zero attached hydrogens (tertiary/aromatic N) is 1. The van der Waals surface area contributed by atoms with E-state index in [1.807, 2.05) is 6.92 Å². The summed E-state index contributed by atoms with van der Waals surface area (Å²) < 4.78 is 31.6. The predicted molar refractivity (Wildman–Crippen MR) is 79.0 cm³/mol. The van der Waals surface area contributed by atoms with Gasteiger partial charge in [0.05, 0.1) is 6.04 Å². The van der Waals surface area contributed by atoms with Crippen molar-refractivity contribution in [1.82, 2.24) is 9.71 Å². The van der Waals surface area contributed by atoms with Crippen molar-refractivity contribution in [3.63, 3.8) is 0 Å². The summed E-state index contributed by atoms with van der Waals surface area (Å²) in [6.45, 7) is 3.52. The number of furan rings is 1. The highest BCUT2D eigenvalue weighted by atomic mass is 79.9. The molecular weight excluding hydrogens is 384 g/mol. The smallest absolute Gasteiger partial charge is 0.371 e. The number of thiazole rings is 1. The van der Waals surface area contributed by atoms with Crippen LogP contribution in [0.5, 0.6) is 0 Å². The summed E-state index contributed by atoms with van der Waals surface area (Å²) in [5.41, 5.74) is 0. The molecule has 0 bridgehead atoms. The van der Waals surface area contributed by atoms with Gasteiger partial charge in [-0.05, 0) is 29.8 Å². The van der Waals surface area contributed by atoms with Gasteiger partial charge in [0.2, 0.25) is 15.8 Å². The van der Waals surface area contributed by atoms with E-state index in [1.165, 1.54) is 11.3 Å². The van der Waals surface area contributed by atoms with Crippen LogP contribution in [-0.2, 0) is 10.0 Å². The Kier molecular flexibility index (Phi) is 4.51. The molecule has 0 saturated heterocycles. The number of nitrogens with one attached hydrogen (secondary N) is 1. The van der Waals surface area contributed by atoms with Gasteiger partial charge in [-0.25, -0.2) is 22.9 Å². The van der Waals surface area contributed by atoms with Crippen molar-refractivity contribution in [2.75, 3.05) is 0 Å². The first kappa shape index (κ1) is 16.1. The monoisotopic (exact) mass is 394 g/mol. The molecule has 2 heterocycles. The van der Waals surface area contributed by atoms with Crippen LogP contribution in [0, 0.1) is 6.92 Å². The summed E-state index contributed by atoms with van der Waals surface area (Å²) in [7, 11) is -3.93. The van der Waals surface area contributed by atoms with E-state index in [2.05, 4.69) is 25.6 Å². The standard InChI is InChI=1S/C11H11BrN2O5S2/c1-5-4-13-10(20-5)6(2)14-21(17,18)8-3-7(11(15)16)19-9(8)12/h3-4,6,14H,1-2H3,(H,15,16). The number of sulfonamides is 1. The summed E-state index contributed by atoms with van der Waals surface area (Å²) in [4.78, 5) is 15.6. The van der Waals surface area contributed by atoms with Crippen LogP contribution in [-0.4, -0.2) is 24.5 Å². The van der Waals surface area contributed by atoms with E-state index < -0.39 is 27.8 Å². The maximum absolute atomic E-state index is 12.3. The van der Waals surface area contributed by atoms with E-state index in [1.54, 1.807) is 13.1 Å². The van der Waals surface area contributed by atoms with Gasteiger partial charge >= 0.3 is 5.97 Å². The number of hydrogen-bond donors (Lipinski definition) is 2. The number of aryl methyl sites for hydroxylation is 1. The molecule has 0 aliphatic carbocycles. The SMILES string of the molecule is Cc1cnc(C(C)NS(=O)(=O)c2cc(C(=O)O)oc2Br)s1. The second-order valence-electron chi connectivity index (χ2n) is 4.21. The minimum atomic E-state index is -3.93. The Labute approximate surface area is 133 Å². The Morgan fingerprint density at radius 3 is 2.71 bits per heavy atom. The van der Waals surface area contributed by atoms with Crippen molar-refractivity contribution >= 4 is 43.3 Å². The number of halogens is 1. The lowest BCUT2D eigenvalue weighted by atomic mass is 10.4. The number of carbonyl (C=O) groups is 1. The molecule has 0 spiro atoms. The van der Waals surface area contributed by atoms with E-state index in [9.17, 15) is 13.2 Å². The molecule has 10 heteroatoms. The number of aromatic carboxylic acids is 1. The molecule has 0 aromatic carbocycles.